The minimum absolute atomic E-state index is 0.203. The maximum atomic E-state index is 12.8. The van der Waals surface area contributed by atoms with Crippen LogP contribution < -0.4 is 9.44 Å². The van der Waals surface area contributed by atoms with Gasteiger partial charge in [-0.2, -0.15) is 8.42 Å². The average molecular weight is 283 g/mol. The Kier molecular flexibility index (Phi) is 3.46. The Bertz CT molecular complexity index is 435. The van der Waals surface area contributed by atoms with Crippen LogP contribution in [-0.4, -0.2) is 15.5 Å². The Labute approximate surface area is 89.8 Å². The van der Waals surface area contributed by atoms with E-state index >= 15 is 0 Å². The molecule has 0 unspecified atom stereocenters. The molecule has 0 aromatic heterocycles. The summed E-state index contributed by atoms with van der Waals surface area (Å²) in [6.45, 7) is 0. The topological polar surface area (TPSA) is 58.2 Å². The average Bonchev–Trinajstić information content (AvgIpc) is 2.11. The molecule has 1 aromatic carbocycles. The Balaban J connectivity index is 2.94. The van der Waals surface area contributed by atoms with Crippen molar-refractivity contribution in [3.8, 4) is 0 Å². The van der Waals surface area contributed by atoms with Crippen molar-refractivity contribution in [1.82, 2.24) is 4.72 Å². The summed E-state index contributed by atoms with van der Waals surface area (Å²) in [7, 11) is -2.27. The summed E-state index contributed by atoms with van der Waals surface area (Å²) in [5.41, 5.74) is 0.285. The third-order valence-electron chi connectivity index (χ3n) is 1.44. The summed E-state index contributed by atoms with van der Waals surface area (Å²) in [5.74, 6) is -0.447. The van der Waals surface area contributed by atoms with Crippen LogP contribution in [0.1, 0.15) is 0 Å². The van der Waals surface area contributed by atoms with E-state index < -0.39 is 16.0 Å². The molecule has 2 N–H and O–H groups in total. The van der Waals surface area contributed by atoms with Gasteiger partial charge in [0, 0.05) is 7.05 Å². The van der Waals surface area contributed by atoms with E-state index in [1.807, 2.05) is 0 Å². The molecule has 78 valence electrons. The molecular formula is C7H8BrFN2O2S. The van der Waals surface area contributed by atoms with E-state index in [-0.39, 0.29) is 10.2 Å². The zero-order valence-electron chi connectivity index (χ0n) is 7.21. The van der Waals surface area contributed by atoms with Crippen molar-refractivity contribution in [3.63, 3.8) is 0 Å². The quantitative estimate of drug-likeness (QED) is 0.882. The highest BCUT2D eigenvalue weighted by Crippen LogP contribution is 2.20. The molecule has 14 heavy (non-hydrogen) atoms. The largest absolute Gasteiger partial charge is 0.298 e. The highest BCUT2D eigenvalue weighted by molar-refractivity contribution is 9.10. The third-order valence-corrected chi connectivity index (χ3v) is 3.09. The Morgan fingerprint density at radius 1 is 1.43 bits per heavy atom. The lowest BCUT2D eigenvalue weighted by Gasteiger charge is -2.06. The first-order valence-electron chi connectivity index (χ1n) is 3.61. The molecule has 0 aliphatic heterocycles. The molecule has 0 aliphatic carbocycles. The highest BCUT2D eigenvalue weighted by atomic mass is 79.9. The Morgan fingerprint density at radius 3 is 2.57 bits per heavy atom. The van der Waals surface area contributed by atoms with E-state index in [1.165, 1.54) is 19.2 Å². The fourth-order valence-electron chi connectivity index (χ4n) is 0.766. The van der Waals surface area contributed by atoms with Gasteiger partial charge in [-0.25, -0.2) is 9.11 Å². The van der Waals surface area contributed by atoms with Crippen molar-refractivity contribution >= 4 is 31.8 Å². The molecular weight excluding hydrogens is 275 g/mol. The van der Waals surface area contributed by atoms with Crippen LogP contribution in [-0.2, 0) is 10.2 Å². The van der Waals surface area contributed by atoms with E-state index in [1.54, 1.807) is 0 Å². The van der Waals surface area contributed by atoms with Crippen molar-refractivity contribution in [3.05, 3.63) is 28.5 Å². The molecule has 0 spiro atoms. The number of hydrogen-bond acceptors (Lipinski definition) is 2. The van der Waals surface area contributed by atoms with E-state index in [0.29, 0.717) is 0 Å². The van der Waals surface area contributed by atoms with E-state index in [4.69, 9.17) is 0 Å². The summed E-state index contributed by atoms with van der Waals surface area (Å²) in [6, 6.07) is 3.83. The summed E-state index contributed by atoms with van der Waals surface area (Å²) < 4.78 is 39.3. The standard InChI is InChI=1S/C7H8BrFN2O2S/c1-10-14(12,13)11-5-2-3-7(9)6(8)4-5/h2-4,10-11H,1H3. The molecule has 0 fully saturated rings. The molecule has 0 aliphatic rings. The van der Waals surface area contributed by atoms with Gasteiger partial charge >= 0.3 is 0 Å². The first-order valence-corrected chi connectivity index (χ1v) is 5.88. The second-order valence-corrected chi connectivity index (χ2v) is 4.91. The number of rotatable bonds is 3. The maximum Gasteiger partial charge on any atom is 0.298 e. The lowest BCUT2D eigenvalue weighted by Crippen LogP contribution is -2.26. The summed E-state index contributed by atoms with van der Waals surface area (Å²) in [4.78, 5) is 0. The lowest BCUT2D eigenvalue weighted by atomic mass is 10.3. The van der Waals surface area contributed by atoms with Gasteiger partial charge in [-0.3, -0.25) is 4.72 Å². The van der Waals surface area contributed by atoms with Gasteiger partial charge in [-0.15, -0.1) is 0 Å². The van der Waals surface area contributed by atoms with Crippen LogP contribution in [0.25, 0.3) is 0 Å². The first-order chi connectivity index (χ1) is 6.44. The van der Waals surface area contributed by atoms with Gasteiger partial charge in [0.25, 0.3) is 10.2 Å². The molecule has 0 saturated carbocycles. The molecule has 0 saturated heterocycles. The van der Waals surface area contributed by atoms with Gasteiger partial charge in [0.1, 0.15) is 5.82 Å². The smallest absolute Gasteiger partial charge is 0.271 e. The monoisotopic (exact) mass is 282 g/mol. The second-order valence-electron chi connectivity index (χ2n) is 2.44. The minimum Gasteiger partial charge on any atom is -0.271 e. The van der Waals surface area contributed by atoms with Gasteiger partial charge in [0.2, 0.25) is 0 Å². The summed E-state index contributed by atoms with van der Waals surface area (Å²) in [5, 5.41) is 0. The molecule has 0 heterocycles. The van der Waals surface area contributed by atoms with Gasteiger partial charge in [-0.05, 0) is 34.1 Å². The van der Waals surface area contributed by atoms with E-state index in [2.05, 4.69) is 25.4 Å². The SMILES string of the molecule is CNS(=O)(=O)Nc1ccc(F)c(Br)c1. The third kappa shape index (κ3) is 2.93. The summed E-state index contributed by atoms with van der Waals surface area (Å²) >= 11 is 2.95. The highest BCUT2D eigenvalue weighted by Gasteiger charge is 2.07. The maximum absolute atomic E-state index is 12.8. The molecule has 1 aromatic rings. The molecule has 0 radical (unpaired) electrons. The van der Waals surface area contributed by atoms with Crippen LogP contribution in [0.4, 0.5) is 10.1 Å². The van der Waals surface area contributed by atoms with Gasteiger partial charge in [0.05, 0.1) is 10.2 Å². The molecule has 7 heteroatoms. The van der Waals surface area contributed by atoms with Crippen LogP contribution in [0.5, 0.6) is 0 Å². The molecule has 0 amide bonds. The van der Waals surface area contributed by atoms with Gasteiger partial charge in [0.15, 0.2) is 0 Å². The van der Waals surface area contributed by atoms with Gasteiger partial charge < -0.3 is 0 Å². The molecule has 0 atom stereocenters. The fourth-order valence-corrected chi connectivity index (χ4v) is 1.68. The normalized spacial score (nSPS) is 11.4. The molecule has 0 bridgehead atoms. The zero-order valence-corrected chi connectivity index (χ0v) is 9.62. The molecule has 4 nitrogen and oxygen atoms in total. The van der Waals surface area contributed by atoms with Crippen molar-refractivity contribution in [2.24, 2.45) is 0 Å². The number of anilines is 1. The van der Waals surface area contributed by atoms with Crippen molar-refractivity contribution < 1.29 is 12.8 Å². The number of benzene rings is 1. The van der Waals surface area contributed by atoms with Crippen LogP contribution >= 0.6 is 15.9 Å². The van der Waals surface area contributed by atoms with E-state index in [9.17, 15) is 12.8 Å². The van der Waals surface area contributed by atoms with Crippen molar-refractivity contribution in [2.75, 3.05) is 11.8 Å². The van der Waals surface area contributed by atoms with Gasteiger partial charge in [-0.1, -0.05) is 0 Å². The number of halogens is 2. The zero-order chi connectivity index (χ0) is 10.8. The van der Waals surface area contributed by atoms with Crippen molar-refractivity contribution in [1.29, 1.82) is 0 Å². The Morgan fingerprint density at radius 2 is 2.07 bits per heavy atom. The lowest BCUT2D eigenvalue weighted by molar-refractivity contribution is 0.593. The number of nitrogens with one attached hydrogen (secondary N) is 2. The fraction of sp³-hybridized carbons (Fsp3) is 0.143. The summed E-state index contributed by atoms with van der Waals surface area (Å²) in [6.07, 6.45) is 0. The van der Waals surface area contributed by atoms with Crippen LogP contribution in [0.3, 0.4) is 0 Å². The minimum atomic E-state index is -3.55. The predicted octanol–water partition coefficient (Wildman–Crippen LogP) is 1.46. The van der Waals surface area contributed by atoms with Crippen LogP contribution in [0.2, 0.25) is 0 Å². The second kappa shape index (κ2) is 4.24. The van der Waals surface area contributed by atoms with E-state index in [0.717, 1.165) is 6.07 Å². The van der Waals surface area contributed by atoms with Crippen molar-refractivity contribution in [2.45, 2.75) is 0 Å². The number of hydrogen-bond donors (Lipinski definition) is 2. The van der Waals surface area contributed by atoms with Crippen LogP contribution in [0.15, 0.2) is 22.7 Å². The first kappa shape index (κ1) is 11.4. The molecule has 1 rings (SSSR count). The Hall–Kier alpha value is -0.660. The van der Waals surface area contributed by atoms with Crippen LogP contribution in [0, 0.1) is 5.82 Å². The predicted molar refractivity (Wildman–Crippen MR) is 55.7 cm³/mol.